The molecule has 2 N–H and O–H groups in total. The number of hydrogen-bond donors (Lipinski definition) is 2. The van der Waals surface area contributed by atoms with E-state index < -0.39 is 22.4 Å². The summed E-state index contributed by atoms with van der Waals surface area (Å²) < 4.78 is 31.9. The molecule has 0 saturated carbocycles. The second kappa shape index (κ2) is 9.82. The molecular weight excluding hydrogens is 432 g/mol. The van der Waals surface area contributed by atoms with Crippen molar-refractivity contribution in [1.29, 1.82) is 0 Å². The van der Waals surface area contributed by atoms with Crippen LogP contribution in [0.3, 0.4) is 0 Å². The van der Waals surface area contributed by atoms with Gasteiger partial charge in [0.15, 0.2) is 8.80 Å². The van der Waals surface area contributed by atoms with Crippen LogP contribution in [0.2, 0.25) is 0 Å². The number of hydrogen-bond acceptors (Lipinski definition) is 2. The van der Waals surface area contributed by atoms with E-state index in [1.54, 1.807) is 0 Å². The zero-order valence-corrected chi connectivity index (χ0v) is 20.6. The molecule has 0 aromatic heterocycles. The summed E-state index contributed by atoms with van der Waals surface area (Å²) in [4.78, 5) is 0. The molecule has 0 bridgehead atoms. The van der Waals surface area contributed by atoms with E-state index in [-0.39, 0.29) is 0 Å². The Balaban J connectivity index is 0.000000575. The topological polar surface area (TPSA) is 74.6 Å². The fraction of sp³-hybridized carbons (Fsp3) is 0.250. The first-order valence-corrected chi connectivity index (χ1v) is 13.4. The van der Waals surface area contributed by atoms with Crippen LogP contribution in [0.5, 0.6) is 0 Å². The van der Waals surface area contributed by atoms with Crippen LogP contribution >= 0.6 is 0 Å². The Morgan fingerprint density at radius 3 is 1.03 bits per heavy atom. The fourth-order valence-electron chi connectivity index (χ4n) is 3.50. The molecule has 0 saturated heterocycles. The predicted octanol–water partition coefficient (Wildman–Crippen LogP) is 2.70. The summed E-state index contributed by atoms with van der Waals surface area (Å²) in [7, 11) is -1.03. The third-order valence-electron chi connectivity index (χ3n) is 5.62. The van der Waals surface area contributed by atoms with Crippen LogP contribution in [0.25, 0.3) is 0 Å². The molecule has 0 aliphatic rings. The van der Waals surface area contributed by atoms with Crippen LogP contribution in [0.4, 0.5) is 0 Å². The quantitative estimate of drug-likeness (QED) is 0.465. The van der Waals surface area contributed by atoms with Crippen molar-refractivity contribution in [1.82, 2.24) is 0 Å². The van der Waals surface area contributed by atoms with E-state index in [0.717, 1.165) is 0 Å². The van der Waals surface area contributed by atoms with Crippen molar-refractivity contribution in [2.75, 3.05) is 0 Å². The SMILES string of the molecule is Cc1cccc([Si](c2cccc(C)c2C)c2cccc(C)c2C)c1C.[O]=[Cr](=[O])([OH])[OH]. The van der Waals surface area contributed by atoms with Crippen molar-refractivity contribution in [3.05, 3.63) is 88.0 Å². The van der Waals surface area contributed by atoms with Crippen LogP contribution < -0.4 is 15.6 Å². The first kappa shape index (κ1) is 24.2. The Kier molecular flexibility index (Phi) is 7.93. The molecule has 0 amide bonds. The zero-order valence-electron chi connectivity index (χ0n) is 18.3. The van der Waals surface area contributed by atoms with Crippen molar-refractivity contribution < 1.29 is 29.5 Å². The predicted molar refractivity (Wildman–Crippen MR) is 118 cm³/mol. The van der Waals surface area contributed by atoms with Gasteiger partial charge < -0.3 is 0 Å². The third kappa shape index (κ3) is 5.98. The van der Waals surface area contributed by atoms with Gasteiger partial charge in [0.25, 0.3) is 0 Å². The second-order valence-electron chi connectivity index (χ2n) is 7.57. The molecule has 6 heteroatoms. The van der Waals surface area contributed by atoms with Crippen molar-refractivity contribution in [3.63, 3.8) is 0 Å². The van der Waals surface area contributed by atoms with E-state index >= 15 is 0 Å². The summed E-state index contributed by atoms with van der Waals surface area (Å²) in [6.07, 6.45) is 0. The van der Waals surface area contributed by atoms with E-state index in [2.05, 4.69) is 96.1 Å². The molecule has 0 unspecified atom stereocenters. The average molecular weight is 462 g/mol. The van der Waals surface area contributed by atoms with E-state index in [0.29, 0.717) is 0 Å². The van der Waals surface area contributed by atoms with Crippen LogP contribution in [-0.2, 0) is 21.2 Å². The summed E-state index contributed by atoms with van der Waals surface area (Å²) in [6, 6.07) is 20.4. The van der Waals surface area contributed by atoms with Crippen molar-refractivity contribution in [2.45, 2.75) is 41.5 Å². The van der Waals surface area contributed by atoms with Crippen molar-refractivity contribution in [2.24, 2.45) is 0 Å². The van der Waals surface area contributed by atoms with Gasteiger partial charge in [0, 0.05) is 0 Å². The van der Waals surface area contributed by atoms with Gasteiger partial charge in [-0.15, -0.1) is 0 Å². The molecule has 4 nitrogen and oxygen atoms in total. The number of rotatable bonds is 3. The Bertz CT molecular complexity index is 1020. The Morgan fingerprint density at radius 2 is 0.800 bits per heavy atom. The Morgan fingerprint density at radius 1 is 0.567 bits per heavy atom. The molecule has 3 rings (SSSR count). The molecule has 1 radical (unpaired) electrons. The summed E-state index contributed by atoms with van der Waals surface area (Å²) >= 11 is -5.25. The summed E-state index contributed by atoms with van der Waals surface area (Å²) in [6.45, 7) is 13.5. The molecule has 3 aromatic rings. The first-order valence-electron chi connectivity index (χ1n) is 9.68. The van der Waals surface area contributed by atoms with Gasteiger partial charge in [-0.05, 0) is 90.5 Å². The normalized spacial score (nSPS) is 11.2. The molecule has 0 aliphatic heterocycles. The molecule has 0 spiro atoms. The summed E-state index contributed by atoms with van der Waals surface area (Å²) in [5.74, 6) is 0. The first-order chi connectivity index (χ1) is 13.9. The standard InChI is InChI=1S/C24H27Si.Cr.2H2O.2O/c1-16-10-7-13-22(19(16)4)25(23-14-8-11-17(2)20(23)5)24-15-9-12-18(3)21(24)6;;;;;/h7-15H,1-6H3;;2*1H2;;/q;+2;;;;/p-2. The van der Waals surface area contributed by atoms with Gasteiger partial charge in [0.1, 0.15) is 0 Å². The van der Waals surface area contributed by atoms with Crippen molar-refractivity contribution >= 4 is 24.4 Å². The number of aryl methyl sites for hydroxylation is 3. The van der Waals surface area contributed by atoms with Crippen LogP contribution in [0, 0.1) is 41.5 Å². The van der Waals surface area contributed by atoms with E-state index in [4.69, 9.17) is 15.9 Å². The van der Waals surface area contributed by atoms with Gasteiger partial charge in [-0.2, -0.15) is 0 Å². The molecule has 0 fully saturated rings. The molecule has 0 heterocycles. The van der Waals surface area contributed by atoms with Gasteiger partial charge in [0.2, 0.25) is 0 Å². The molecule has 30 heavy (non-hydrogen) atoms. The monoisotopic (exact) mass is 461 g/mol. The minimum atomic E-state index is -5.25. The zero-order chi connectivity index (χ0) is 22.6. The van der Waals surface area contributed by atoms with Gasteiger partial charge >= 0.3 is 29.5 Å². The van der Waals surface area contributed by atoms with Gasteiger partial charge in [-0.25, -0.2) is 0 Å². The Labute approximate surface area is 183 Å². The van der Waals surface area contributed by atoms with Gasteiger partial charge in [0.05, 0.1) is 0 Å². The van der Waals surface area contributed by atoms with E-state index in [1.165, 1.54) is 48.9 Å². The molecule has 0 atom stereocenters. The fourth-order valence-corrected chi connectivity index (χ4v) is 6.88. The maximum atomic E-state index is 8.82. The minimum absolute atomic E-state index is 1.03. The molecular formula is C24H29CrO4Si. The number of benzene rings is 3. The van der Waals surface area contributed by atoms with Crippen LogP contribution in [0.1, 0.15) is 33.4 Å². The van der Waals surface area contributed by atoms with Crippen LogP contribution in [0.15, 0.2) is 54.6 Å². The molecule has 0 aliphatic carbocycles. The molecule has 3 aromatic carbocycles. The second-order valence-corrected chi connectivity index (χ2v) is 11.3. The van der Waals surface area contributed by atoms with Crippen LogP contribution in [-0.4, -0.2) is 17.1 Å². The summed E-state index contributed by atoms with van der Waals surface area (Å²) in [5, 5.41) is 4.56. The molecule has 159 valence electrons. The van der Waals surface area contributed by atoms with E-state index in [9.17, 15) is 0 Å². The van der Waals surface area contributed by atoms with E-state index in [1.807, 2.05) is 0 Å². The maximum absolute atomic E-state index is 8.82. The van der Waals surface area contributed by atoms with Gasteiger partial charge in [-0.1, -0.05) is 54.6 Å². The van der Waals surface area contributed by atoms with Gasteiger partial charge in [-0.3, -0.25) is 0 Å². The average Bonchev–Trinajstić information content (AvgIpc) is 2.64. The Hall–Kier alpha value is -2.07. The summed E-state index contributed by atoms with van der Waals surface area (Å²) in [5.41, 5.74) is 8.48. The van der Waals surface area contributed by atoms with Crippen molar-refractivity contribution in [3.8, 4) is 0 Å². The third-order valence-corrected chi connectivity index (χ3v) is 8.86.